The number of hydrogen-bond acceptors (Lipinski definition) is 7. The van der Waals surface area contributed by atoms with Crippen LogP contribution >= 0.6 is 0 Å². The SMILES string of the molecule is CC(C)(C)[C@H](NC(=O)NC1(CS(=O)(=O)C(C)(C)C)CCCCC1)C(=O)N1C[C@@H]2CCC[C@@H]2[C@H]1C(=O)NC(CC1CCC1)C(=O)C(N)=O. The third kappa shape index (κ3) is 8.48. The molecule has 0 radical (unpaired) electrons. The monoisotopic (exact) mass is 679 g/mol. The molecule has 0 bridgehead atoms. The zero-order valence-electron chi connectivity index (χ0n) is 29.2. The summed E-state index contributed by atoms with van der Waals surface area (Å²) >= 11 is 0. The van der Waals surface area contributed by atoms with Gasteiger partial charge in [-0.2, -0.15) is 0 Å². The van der Waals surface area contributed by atoms with Crippen LogP contribution in [0.1, 0.15) is 119 Å². The normalized spacial score (nSPS) is 26.0. The van der Waals surface area contributed by atoms with E-state index < -0.39 is 73.2 Å². The molecule has 1 aliphatic heterocycles. The second-order valence-corrected chi connectivity index (χ2v) is 19.5. The molecule has 5 amide bonds. The first kappa shape index (κ1) is 37.1. The fourth-order valence-corrected chi connectivity index (χ4v) is 9.45. The molecule has 0 aromatic heterocycles. The fraction of sp³-hybridized carbons (Fsp3) is 0.853. The van der Waals surface area contributed by atoms with Crippen LogP contribution in [-0.2, 0) is 29.0 Å². The van der Waals surface area contributed by atoms with Crippen molar-refractivity contribution in [2.75, 3.05) is 12.3 Å². The average Bonchev–Trinajstić information content (AvgIpc) is 3.52. The van der Waals surface area contributed by atoms with Crippen molar-refractivity contribution in [2.45, 2.75) is 147 Å². The number of carbonyl (C=O) groups excluding carboxylic acids is 5. The number of nitrogens with zero attached hydrogens (tertiary/aromatic N) is 1. The summed E-state index contributed by atoms with van der Waals surface area (Å²) in [5, 5.41) is 8.70. The maximum Gasteiger partial charge on any atom is 0.315 e. The van der Waals surface area contributed by atoms with Gasteiger partial charge in [-0.25, -0.2) is 13.2 Å². The van der Waals surface area contributed by atoms with Crippen molar-refractivity contribution in [1.82, 2.24) is 20.9 Å². The predicted molar refractivity (Wildman–Crippen MR) is 179 cm³/mol. The Morgan fingerprint density at radius 1 is 0.872 bits per heavy atom. The lowest BCUT2D eigenvalue weighted by Gasteiger charge is -2.41. The van der Waals surface area contributed by atoms with E-state index in [9.17, 15) is 32.4 Å². The molecule has 4 aliphatic rings. The van der Waals surface area contributed by atoms with Gasteiger partial charge in [0.2, 0.25) is 17.6 Å². The van der Waals surface area contributed by atoms with E-state index in [4.69, 9.17) is 5.73 Å². The Kier molecular flexibility index (Phi) is 11.1. The van der Waals surface area contributed by atoms with Gasteiger partial charge < -0.3 is 26.6 Å². The van der Waals surface area contributed by atoms with Gasteiger partial charge in [0.05, 0.1) is 22.1 Å². The number of carbonyl (C=O) groups is 5. The van der Waals surface area contributed by atoms with E-state index in [1.54, 1.807) is 25.7 Å². The van der Waals surface area contributed by atoms with E-state index in [0.717, 1.165) is 57.8 Å². The molecule has 13 heteroatoms. The van der Waals surface area contributed by atoms with Crippen molar-refractivity contribution >= 4 is 39.4 Å². The van der Waals surface area contributed by atoms with Crippen LogP contribution in [0, 0.1) is 23.2 Å². The molecule has 5 N–H and O–H groups in total. The van der Waals surface area contributed by atoms with Crippen LogP contribution in [0.15, 0.2) is 0 Å². The van der Waals surface area contributed by atoms with Crippen LogP contribution in [-0.4, -0.2) is 83.6 Å². The van der Waals surface area contributed by atoms with Crippen LogP contribution in [0.2, 0.25) is 0 Å². The van der Waals surface area contributed by atoms with E-state index >= 15 is 0 Å². The molecule has 4 rings (SSSR count). The zero-order chi connectivity index (χ0) is 34.9. The molecule has 47 heavy (non-hydrogen) atoms. The van der Waals surface area contributed by atoms with Gasteiger partial charge in [0.1, 0.15) is 12.1 Å². The van der Waals surface area contributed by atoms with Crippen LogP contribution in [0.3, 0.4) is 0 Å². The van der Waals surface area contributed by atoms with Crippen molar-refractivity contribution in [2.24, 2.45) is 28.9 Å². The highest BCUT2D eigenvalue weighted by Crippen LogP contribution is 2.43. The first-order chi connectivity index (χ1) is 21.7. The van der Waals surface area contributed by atoms with Gasteiger partial charge in [-0.15, -0.1) is 0 Å². The number of rotatable bonds is 11. The summed E-state index contributed by atoms with van der Waals surface area (Å²) in [7, 11) is -3.56. The Labute approximate surface area is 280 Å². The first-order valence-corrected chi connectivity index (χ1v) is 19.2. The van der Waals surface area contributed by atoms with Gasteiger partial charge in [0, 0.05) is 6.54 Å². The van der Waals surface area contributed by atoms with Crippen molar-refractivity contribution < 1.29 is 32.4 Å². The average molecular weight is 680 g/mol. The maximum atomic E-state index is 14.4. The molecular formula is C34H57N5O7S. The standard InChI is InChI=1S/C34H57N5O7S/c1-32(2,3)27(37-31(44)38-34(16-8-7-9-17-34)20-47(45,46)33(4,5)6)30(43)39-19-22-14-11-15-23(22)25(39)29(42)36-24(26(40)28(35)41)18-21-12-10-13-21/h21-25,27H,7-20H2,1-6H3,(H2,35,41)(H,36,42)(H2,37,38,44)/t22-,23-,24?,25-,27+/m0/s1. The van der Waals surface area contributed by atoms with Crippen LogP contribution in [0.25, 0.3) is 0 Å². The molecule has 1 saturated heterocycles. The highest BCUT2D eigenvalue weighted by molar-refractivity contribution is 7.92. The minimum Gasteiger partial charge on any atom is -0.363 e. The van der Waals surface area contributed by atoms with Crippen molar-refractivity contribution in [1.29, 1.82) is 0 Å². The molecule has 0 aromatic carbocycles. The maximum absolute atomic E-state index is 14.4. The third-order valence-electron chi connectivity index (χ3n) is 11.1. The summed E-state index contributed by atoms with van der Waals surface area (Å²) in [6.07, 6.45) is 9.32. The zero-order valence-corrected chi connectivity index (χ0v) is 30.0. The molecule has 3 aliphatic carbocycles. The second-order valence-electron chi connectivity index (χ2n) is 16.7. The topological polar surface area (TPSA) is 185 Å². The van der Waals surface area contributed by atoms with Gasteiger partial charge >= 0.3 is 6.03 Å². The molecule has 1 unspecified atom stereocenters. The molecular weight excluding hydrogens is 622 g/mol. The summed E-state index contributed by atoms with van der Waals surface area (Å²) < 4.78 is 25.6. The number of hydrogen-bond donors (Lipinski definition) is 4. The number of nitrogens with two attached hydrogens (primary N) is 1. The van der Waals surface area contributed by atoms with Crippen molar-refractivity contribution in [3.05, 3.63) is 0 Å². The van der Waals surface area contributed by atoms with E-state index in [-0.39, 0.29) is 23.5 Å². The minimum absolute atomic E-state index is 0.102. The number of amides is 5. The molecule has 266 valence electrons. The molecule has 0 aromatic rings. The van der Waals surface area contributed by atoms with Gasteiger partial charge in [0.25, 0.3) is 5.91 Å². The number of Topliss-reactive ketones (excluding diaryl/α,β-unsaturated/α-hetero) is 1. The summed E-state index contributed by atoms with van der Waals surface area (Å²) in [5.74, 6) is -2.76. The number of sulfone groups is 1. The fourth-order valence-electron chi connectivity index (χ4n) is 7.93. The lowest BCUT2D eigenvalue weighted by molar-refractivity contribution is -0.144. The third-order valence-corrected chi connectivity index (χ3v) is 13.9. The number of likely N-dealkylation sites (tertiary alicyclic amines) is 1. The van der Waals surface area contributed by atoms with Crippen molar-refractivity contribution in [3.8, 4) is 0 Å². The van der Waals surface area contributed by atoms with Gasteiger partial charge in [-0.3, -0.25) is 19.2 Å². The van der Waals surface area contributed by atoms with Crippen LogP contribution in [0.5, 0.6) is 0 Å². The Morgan fingerprint density at radius 3 is 2.02 bits per heavy atom. The predicted octanol–water partition coefficient (Wildman–Crippen LogP) is 2.97. The first-order valence-electron chi connectivity index (χ1n) is 17.5. The number of nitrogens with one attached hydrogen (secondary N) is 3. The van der Waals surface area contributed by atoms with E-state index in [0.29, 0.717) is 25.8 Å². The lowest BCUT2D eigenvalue weighted by Crippen LogP contribution is -2.64. The van der Waals surface area contributed by atoms with Crippen LogP contribution in [0.4, 0.5) is 4.79 Å². The molecule has 5 atom stereocenters. The number of ketones is 1. The number of fused-ring (bicyclic) bond motifs is 1. The molecule has 1 heterocycles. The Bertz CT molecular complexity index is 1320. The number of primary amides is 1. The molecule has 3 saturated carbocycles. The van der Waals surface area contributed by atoms with Gasteiger partial charge in [-0.05, 0) is 76.0 Å². The second kappa shape index (κ2) is 14.0. The van der Waals surface area contributed by atoms with E-state index in [1.165, 1.54) is 0 Å². The molecule has 4 fully saturated rings. The van der Waals surface area contributed by atoms with E-state index in [2.05, 4.69) is 16.0 Å². The summed E-state index contributed by atoms with van der Waals surface area (Å²) in [4.78, 5) is 68.3. The smallest absolute Gasteiger partial charge is 0.315 e. The number of urea groups is 1. The Balaban J connectivity index is 1.55. The molecule has 0 spiro atoms. The lowest BCUT2D eigenvalue weighted by atomic mass is 9.80. The highest BCUT2D eigenvalue weighted by atomic mass is 32.2. The Hall–Kier alpha value is -2.70. The quantitative estimate of drug-likeness (QED) is 0.242. The minimum atomic E-state index is -3.56. The van der Waals surface area contributed by atoms with Gasteiger partial charge in [0.15, 0.2) is 9.84 Å². The highest BCUT2D eigenvalue weighted by Gasteiger charge is 2.52. The van der Waals surface area contributed by atoms with Gasteiger partial charge in [-0.1, -0.05) is 65.7 Å². The van der Waals surface area contributed by atoms with Crippen LogP contribution < -0.4 is 21.7 Å². The molecule has 12 nitrogen and oxygen atoms in total. The summed E-state index contributed by atoms with van der Waals surface area (Å²) in [6.45, 7) is 10.8. The largest absolute Gasteiger partial charge is 0.363 e. The summed E-state index contributed by atoms with van der Waals surface area (Å²) in [5.41, 5.74) is 3.64. The van der Waals surface area contributed by atoms with E-state index in [1.807, 2.05) is 20.8 Å². The van der Waals surface area contributed by atoms with Crippen molar-refractivity contribution in [3.63, 3.8) is 0 Å². The summed E-state index contributed by atoms with van der Waals surface area (Å²) in [6, 6.07) is -3.52. The Morgan fingerprint density at radius 2 is 1.49 bits per heavy atom.